The van der Waals surface area contributed by atoms with Gasteiger partial charge in [0, 0.05) is 17.5 Å². The quantitative estimate of drug-likeness (QED) is 0.858. The van der Waals surface area contributed by atoms with Crippen LogP contribution in [-0.4, -0.2) is 9.55 Å². The number of benzene rings is 1. The predicted octanol–water partition coefficient (Wildman–Crippen LogP) is 1.79. The summed E-state index contributed by atoms with van der Waals surface area (Å²) < 4.78 is 1.48. The van der Waals surface area contributed by atoms with Gasteiger partial charge in [0.25, 0.3) is 5.56 Å². The maximum atomic E-state index is 11.8. The Bertz CT molecular complexity index is 659. The van der Waals surface area contributed by atoms with Gasteiger partial charge in [0.1, 0.15) is 0 Å². The Balaban J connectivity index is 2.56. The van der Waals surface area contributed by atoms with Crippen LogP contribution in [0.4, 0.5) is 0 Å². The first kappa shape index (κ1) is 12.7. The molecule has 94 valence electrons. The summed E-state index contributed by atoms with van der Waals surface area (Å²) in [5.41, 5.74) is -0.0272. The molecule has 2 rings (SSSR count). The highest BCUT2D eigenvalue weighted by Gasteiger charge is 2.12. The number of nitrogens with zero attached hydrogens (tertiary/aromatic N) is 1. The zero-order valence-corrected chi connectivity index (χ0v) is 11.1. The summed E-state index contributed by atoms with van der Waals surface area (Å²) in [5.74, 6) is 0. The van der Waals surface area contributed by atoms with Gasteiger partial charge >= 0.3 is 5.69 Å². The van der Waals surface area contributed by atoms with Crippen molar-refractivity contribution in [3.05, 3.63) is 56.7 Å². The van der Waals surface area contributed by atoms with Crippen LogP contribution in [0.3, 0.4) is 0 Å². The molecule has 0 atom stereocenters. The van der Waals surface area contributed by atoms with E-state index < -0.39 is 0 Å². The number of rotatable bonds is 3. The first-order chi connectivity index (χ1) is 8.63. The lowest BCUT2D eigenvalue weighted by Gasteiger charge is -2.10. The third kappa shape index (κ3) is 2.41. The first-order valence-electron chi connectivity index (χ1n) is 5.68. The lowest BCUT2D eigenvalue weighted by atomic mass is 10.3. The highest BCUT2D eigenvalue weighted by atomic mass is 32.2. The van der Waals surface area contributed by atoms with Crippen molar-refractivity contribution in [2.24, 2.45) is 7.05 Å². The van der Waals surface area contributed by atoms with Crippen molar-refractivity contribution in [1.82, 2.24) is 9.55 Å². The van der Waals surface area contributed by atoms with Crippen molar-refractivity contribution in [3.8, 4) is 0 Å². The zero-order valence-electron chi connectivity index (χ0n) is 10.3. The average molecular weight is 262 g/mol. The van der Waals surface area contributed by atoms with E-state index in [-0.39, 0.29) is 11.2 Å². The highest BCUT2D eigenvalue weighted by Crippen LogP contribution is 2.27. The van der Waals surface area contributed by atoms with E-state index >= 15 is 0 Å². The Labute approximate surface area is 109 Å². The summed E-state index contributed by atoms with van der Waals surface area (Å²) in [6, 6.07) is 9.70. The van der Waals surface area contributed by atoms with Gasteiger partial charge in [-0.15, -0.1) is 0 Å². The van der Waals surface area contributed by atoms with Crippen LogP contribution < -0.4 is 11.2 Å². The molecule has 0 aliphatic rings. The van der Waals surface area contributed by atoms with Crippen molar-refractivity contribution in [3.63, 3.8) is 0 Å². The van der Waals surface area contributed by atoms with Gasteiger partial charge in [0.15, 0.2) is 0 Å². The molecule has 0 amide bonds. The van der Waals surface area contributed by atoms with E-state index in [2.05, 4.69) is 4.98 Å². The van der Waals surface area contributed by atoms with E-state index in [1.807, 2.05) is 37.3 Å². The topological polar surface area (TPSA) is 54.9 Å². The fourth-order valence-electron chi connectivity index (χ4n) is 1.69. The minimum absolute atomic E-state index is 0.293. The van der Waals surface area contributed by atoms with Crippen molar-refractivity contribution >= 4 is 11.8 Å². The number of nitrogens with one attached hydrogen (secondary N) is 1. The van der Waals surface area contributed by atoms with E-state index in [1.54, 1.807) is 7.05 Å². The highest BCUT2D eigenvalue weighted by molar-refractivity contribution is 7.99. The van der Waals surface area contributed by atoms with Gasteiger partial charge in [0.05, 0.1) is 5.03 Å². The van der Waals surface area contributed by atoms with Crippen LogP contribution in [0.1, 0.15) is 12.5 Å². The second-order valence-electron chi connectivity index (χ2n) is 3.87. The minimum Gasteiger partial charge on any atom is -0.291 e. The van der Waals surface area contributed by atoms with Crippen molar-refractivity contribution in [2.75, 3.05) is 0 Å². The van der Waals surface area contributed by atoms with Gasteiger partial charge in [-0.25, -0.2) is 4.79 Å². The Morgan fingerprint density at radius 3 is 2.50 bits per heavy atom. The largest absolute Gasteiger partial charge is 0.328 e. The summed E-state index contributed by atoms with van der Waals surface area (Å²) in [4.78, 5) is 26.7. The lowest BCUT2D eigenvalue weighted by Crippen LogP contribution is -2.32. The molecule has 2 aromatic rings. The SMILES string of the molecule is CCc1c(Sc2ccccc2)n(C)c(=O)[nH]c1=O. The van der Waals surface area contributed by atoms with Crippen LogP contribution in [-0.2, 0) is 13.5 Å². The van der Waals surface area contributed by atoms with E-state index in [0.717, 1.165) is 4.90 Å². The number of aromatic nitrogens is 2. The van der Waals surface area contributed by atoms with Gasteiger partial charge in [0.2, 0.25) is 0 Å². The maximum absolute atomic E-state index is 11.8. The molecule has 0 saturated heterocycles. The number of aromatic amines is 1. The Morgan fingerprint density at radius 1 is 1.22 bits per heavy atom. The molecule has 5 heteroatoms. The molecule has 0 aliphatic carbocycles. The molecular formula is C13H14N2O2S. The fraction of sp³-hybridized carbons (Fsp3) is 0.231. The predicted molar refractivity (Wildman–Crippen MR) is 72.2 cm³/mol. The molecule has 1 aromatic carbocycles. The normalized spacial score (nSPS) is 10.6. The number of hydrogen-bond acceptors (Lipinski definition) is 3. The van der Waals surface area contributed by atoms with Crippen LogP contribution in [0.5, 0.6) is 0 Å². The standard InChI is InChI=1S/C13H14N2O2S/c1-3-10-11(16)14-13(17)15(2)12(10)18-9-7-5-4-6-8-9/h4-8H,3H2,1-2H3,(H,14,16,17). The molecule has 1 heterocycles. The number of H-pyrrole nitrogens is 1. The first-order valence-corrected chi connectivity index (χ1v) is 6.50. The van der Waals surface area contributed by atoms with E-state index in [1.165, 1.54) is 16.3 Å². The van der Waals surface area contributed by atoms with Crippen molar-refractivity contribution < 1.29 is 0 Å². The summed E-state index contributed by atoms with van der Waals surface area (Å²) in [7, 11) is 1.67. The summed E-state index contributed by atoms with van der Waals surface area (Å²) >= 11 is 1.44. The summed E-state index contributed by atoms with van der Waals surface area (Å²) in [6.45, 7) is 1.91. The van der Waals surface area contributed by atoms with E-state index in [9.17, 15) is 9.59 Å². The molecule has 0 bridgehead atoms. The molecular weight excluding hydrogens is 248 g/mol. The Hall–Kier alpha value is -1.75. The van der Waals surface area contributed by atoms with Crippen LogP contribution in [0.25, 0.3) is 0 Å². The molecule has 0 spiro atoms. The van der Waals surface area contributed by atoms with Crippen molar-refractivity contribution in [1.29, 1.82) is 0 Å². The minimum atomic E-state index is -0.379. The van der Waals surface area contributed by atoms with Crippen LogP contribution in [0.15, 0.2) is 49.8 Å². The molecule has 1 N–H and O–H groups in total. The smallest absolute Gasteiger partial charge is 0.291 e. The molecule has 0 radical (unpaired) electrons. The zero-order chi connectivity index (χ0) is 13.1. The third-order valence-corrected chi connectivity index (χ3v) is 3.89. The van der Waals surface area contributed by atoms with Crippen molar-refractivity contribution in [2.45, 2.75) is 23.3 Å². The molecule has 0 fully saturated rings. The second kappa shape index (κ2) is 5.27. The van der Waals surface area contributed by atoms with E-state index in [4.69, 9.17) is 0 Å². The molecule has 0 unspecified atom stereocenters. The monoisotopic (exact) mass is 262 g/mol. The lowest BCUT2D eigenvalue weighted by molar-refractivity contribution is 0.692. The molecule has 0 saturated carbocycles. The van der Waals surface area contributed by atoms with Crippen LogP contribution in [0.2, 0.25) is 0 Å². The molecule has 1 aromatic heterocycles. The summed E-state index contributed by atoms with van der Waals surface area (Å²) in [5, 5.41) is 0.706. The third-order valence-electron chi connectivity index (χ3n) is 2.67. The Kier molecular flexibility index (Phi) is 3.72. The van der Waals surface area contributed by atoms with Gasteiger partial charge in [-0.1, -0.05) is 36.9 Å². The molecule has 18 heavy (non-hydrogen) atoms. The van der Waals surface area contributed by atoms with Crippen LogP contribution >= 0.6 is 11.8 Å². The van der Waals surface area contributed by atoms with Gasteiger partial charge in [-0.05, 0) is 18.6 Å². The number of hydrogen-bond donors (Lipinski definition) is 1. The van der Waals surface area contributed by atoms with Gasteiger partial charge in [-0.2, -0.15) is 0 Å². The van der Waals surface area contributed by atoms with E-state index in [0.29, 0.717) is 17.0 Å². The van der Waals surface area contributed by atoms with Gasteiger partial charge < -0.3 is 0 Å². The summed E-state index contributed by atoms with van der Waals surface area (Å²) in [6.07, 6.45) is 0.596. The second-order valence-corrected chi connectivity index (χ2v) is 4.93. The molecule has 0 aliphatic heterocycles. The fourth-order valence-corrected chi connectivity index (χ4v) is 2.79. The maximum Gasteiger partial charge on any atom is 0.328 e. The van der Waals surface area contributed by atoms with Crippen LogP contribution in [0, 0.1) is 0 Å². The Morgan fingerprint density at radius 2 is 1.89 bits per heavy atom. The average Bonchev–Trinajstić information content (AvgIpc) is 2.37. The van der Waals surface area contributed by atoms with Gasteiger partial charge in [-0.3, -0.25) is 14.3 Å². The molecule has 4 nitrogen and oxygen atoms in total.